The second kappa shape index (κ2) is 18.5. The van der Waals surface area contributed by atoms with E-state index in [-0.39, 0.29) is 0 Å². The maximum absolute atomic E-state index is 11.7. The van der Waals surface area contributed by atoms with E-state index in [0.717, 1.165) is 122 Å². The van der Waals surface area contributed by atoms with Crippen molar-refractivity contribution < 1.29 is 0 Å². The van der Waals surface area contributed by atoms with E-state index in [1.54, 1.807) is 0 Å². The molecule has 14 aromatic rings. The summed E-state index contributed by atoms with van der Waals surface area (Å²) in [6.45, 7) is 0. The van der Waals surface area contributed by atoms with Crippen molar-refractivity contribution in [2.24, 2.45) is 0 Å². The van der Waals surface area contributed by atoms with E-state index in [0.29, 0.717) is 16.9 Å². The first-order valence-corrected chi connectivity index (χ1v) is 25.2. The van der Waals surface area contributed by atoms with Crippen molar-refractivity contribution in [2.75, 3.05) is 0 Å². The second-order valence-electron chi connectivity index (χ2n) is 18.8. The number of nitrogens with zero attached hydrogens (tertiary/aromatic N) is 8. The molecule has 0 spiro atoms. The fourth-order valence-corrected chi connectivity index (χ4v) is 10.8. The third-order valence-corrected chi connectivity index (χ3v) is 14.3. The minimum Gasteiger partial charge on any atom is -0.306 e. The summed E-state index contributed by atoms with van der Waals surface area (Å²) in [5, 5.41) is 15.9. The first-order chi connectivity index (χ1) is 37.6. The summed E-state index contributed by atoms with van der Waals surface area (Å²) in [4.78, 5) is 25.5. The minimum absolute atomic E-state index is 0.500. The fraction of sp³-hybridized carbons (Fsp3) is 0. The Morgan fingerprint density at radius 1 is 0.289 bits per heavy atom. The van der Waals surface area contributed by atoms with Crippen molar-refractivity contribution >= 4 is 43.6 Å². The van der Waals surface area contributed by atoms with Gasteiger partial charge in [-0.05, 0) is 83.9 Å². The smallest absolute Gasteiger partial charge is 0.104 e. The molecule has 0 saturated carbocycles. The van der Waals surface area contributed by atoms with Crippen LogP contribution in [0, 0.1) is 11.3 Å². The Morgan fingerprint density at radius 3 is 0.961 bits per heavy atom. The summed E-state index contributed by atoms with van der Waals surface area (Å²) in [5.41, 5.74) is 18.0. The van der Waals surface area contributed by atoms with Crippen molar-refractivity contribution in [3.63, 3.8) is 0 Å². The third-order valence-electron chi connectivity index (χ3n) is 14.3. The molecule has 354 valence electrons. The van der Waals surface area contributed by atoms with E-state index >= 15 is 0 Å². The Bertz CT molecular complexity index is 4080. The van der Waals surface area contributed by atoms with Gasteiger partial charge in [0.05, 0.1) is 80.0 Å². The molecule has 7 aromatic heterocycles. The molecular weight excluding hydrogens is 929 g/mol. The molecule has 0 N–H and O–H groups in total. The lowest BCUT2D eigenvalue weighted by Gasteiger charge is -2.19. The molecule has 0 atom stereocenters. The summed E-state index contributed by atoms with van der Waals surface area (Å²) in [7, 11) is 0. The molecule has 14 rings (SSSR count). The van der Waals surface area contributed by atoms with Crippen LogP contribution in [0.15, 0.2) is 255 Å². The Kier molecular flexibility index (Phi) is 10.7. The molecule has 0 saturated heterocycles. The number of benzene rings is 7. The minimum atomic E-state index is 0.500. The Morgan fingerprint density at radius 2 is 0.592 bits per heavy atom. The van der Waals surface area contributed by atoms with Crippen LogP contribution in [0.4, 0.5) is 0 Å². The van der Waals surface area contributed by atoms with Gasteiger partial charge in [-0.25, -0.2) is 15.0 Å². The van der Waals surface area contributed by atoms with Gasteiger partial charge in [0.25, 0.3) is 0 Å². The van der Waals surface area contributed by atoms with Crippen LogP contribution in [-0.2, 0) is 0 Å². The lowest BCUT2D eigenvalue weighted by atomic mass is 9.95. The SMILES string of the molecule is N#Cc1c(-n2c3ccccc3c3ccncc32)cc(-c2cc(-c3cc(-c4ccccc4)nc(-c4ccccc4)c3)nc(-c3cc(-c4ccccc4)nc(-c4ccccc4)c3)c2)cc1-n1c2ccccc2c2ccncc21. The Labute approximate surface area is 437 Å². The van der Waals surface area contributed by atoms with Gasteiger partial charge in [0.15, 0.2) is 0 Å². The largest absolute Gasteiger partial charge is 0.306 e. The summed E-state index contributed by atoms with van der Waals surface area (Å²) < 4.78 is 4.39. The zero-order chi connectivity index (χ0) is 50.5. The average molecular weight is 971 g/mol. The van der Waals surface area contributed by atoms with Gasteiger partial charge in [0.1, 0.15) is 11.6 Å². The molecule has 0 aliphatic carbocycles. The van der Waals surface area contributed by atoms with Crippen molar-refractivity contribution in [1.29, 1.82) is 5.26 Å². The molecule has 8 heteroatoms. The summed E-state index contributed by atoms with van der Waals surface area (Å²) in [6, 6.07) is 82.0. The second-order valence-corrected chi connectivity index (χ2v) is 18.8. The van der Waals surface area contributed by atoms with Crippen LogP contribution < -0.4 is 0 Å². The normalized spacial score (nSPS) is 11.4. The number of pyridine rings is 5. The van der Waals surface area contributed by atoms with Crippen molar-refractivity contribution in [1.82, 2.24) is 34.1 Å². The average Bonchev–Trinajstić information content (AvgIpc) is 4.14. The standard InChI is InChI=1S/C68H42N8/c69-41-56-65(75-63-27-15-13-25-52(63)54-29-31-70-42-67(54)75)39-49(40-66(56)76-64-28-16-14-26-53(64)55-30-32-71-43-68(55)76)48-33-61(50-35-57(44-17-5-1-6-18-44)72-58(36-50)45-19-7-2-8-20-45)74-62(34-48)51-37-59(46-21-9-3-10-22-46)73-60(38-51)47-23-11-4-12-24-47/h1-40,42-43H. The van der Waals surface area contributed by atoms with Crippen LogP contribution in [0.2, 0.25) is 0 Å². The molecular formula is C68H42N8. The van der Waals surface area contributed by atoms with Crippen LogP contribution in [0.5, 0.6) is 0 Å². The highest BCUT2D eigenvalue weighted by Crippen LogP contribution is 2.42. The van der Waals surface area contributed by atoms with Crippen LogP contribution in [0.1, 0.15) is 5.56 Å². The quantitative estimate of drug-likeness (QED) is 0.143. The molecule has 0 bridgehead atoms. The topological polar surface area (TPSA) is 98.1 Å². The van der Waals surface area contributed by atoms with Crippen molar-refractivity contribution in [3.8, 4) is 96.1 Å². The van der Waals surface area contributed by atoms with Crippen molar-refractivity contribution in [2.45, 2.75) is 0 Å². The van der Waals surface area contributed by atoms with Crippen LogP contribution in [-0.4, -0.2) is 34.1 Å². The van der Waals surface area contributed by atoms with E-state index in [4.69, 9.17) is 15.0 Å². The van der Waals surface area contributed by atoms with Crippen LogP contribution >= 0.6 is 0 Å². The monoisotopic (exact) mass is 970 g/mol. The Hall–Kier alpha value is -10.6. The molecule has 0 unspecified atom stereocenters. The van der Waals surface area contributed by atoms with Gasteiger partial charge < -0.3 is 9.13 Å². The highest BCUT2D eigenvalue weighted by Gasteiger charge is 2.24. The van der Waals surface area contributed by atoms with Gasteiger partial charge in [-0.1, -0.05) is 158 Å². The first-order valence-electron chi connectivity index (χ1n) is 25.2. The molecule has 0 radical (unpaired) electrons. The van der Waals surface area contributed by atoms with E-state index < -0.39 is 0 Å². The van der Waals surface area contributed by atoms with Crippen molar-refractivity contribution in [3.05, 3.63) is 261 Å². The molecule has 0 amide bonds. The van der Waals surface area contributed by atoms with Crippen LogP contribution in [0.25, 0.3) is 134 Å². The molecule has 76 heavy (non-hydrogen) atoms. The van der Waals surface area contributed by atoms with E-state index in [1.807, 2.05) is 110 Å². The van der Waals surface area contributed by atoms with E-state index in [9.17, 15) is 5.26 Å². The molecule has 0 aliphatic heterocycles. The van der Waals surface area contributed by atoms with Gasteiger partial charge in [-0.15, -0.1) is 0 Å². The van der Waals surface area contributed by atoms with Gasteiger partial charge in [-0.3, -0.25) is 9.97 Å². The molecule has 0 fully saturated rings. The molecule has 8 nitrogen and oxygen atoms in total. The maximum Gasteiger partial charge on any atom is 0.104 e. The fourth-order valence-electron chi connectivity index (χ4n) is 10.8. The van der Waals surface area contributed by atoms with Crippen LogP contribution in [0.3, 0.4) is 0 Å². The first kappa shape index (κ1) is 44.1. The maximum atomic E-state index is 11.7. The predicted octanol–water partition coefficient (Wildman–Crippen LogP) is 16.4. The summed E-state index contributed by atoms with van der Waals surface area (Å²) >= 11 is 0. The molecule has 7 heterocycles. The van der Waals surface area contributed by atoms with Gasteiger partial charge >= 0.3 is 0 Å². The zero-order valence-electron chi connectivity index (χ0n) is 40.8. The van der Waals surface area contributed by atoms with Gasteiger partial charge in [-0.2, -0.15) is 5.26 Å². The number of hydrogen-bond donors (Lipinski definition) is 0. The number of hydrogen-bond acceptors (Lipinski definition) is 6. The number of aromatic nitrogens is 7. The van der Waals surface area contributed by atoms with E-state index in [1.165, 1.54) is 0 Å². The molecule has 7 aromatic carbocycles. The van der Waals surface area contributed by atoms with Gasteiger partial charge in [0.2, 0.25) is 0 Å². The molecule has 0 aliphatic rings. The summed E-state index contributed by atoms with van der Waals surface area (Å²) in [5.74, 6) is 0. The van der Waals surface area contributed by atoms with E-state index in [2.05, 4.69) is 171 Å². The third kappa shape index (κ3) is 7.66. The predicted molar refractivity (Wildman–Crippen MR) is 307 cm³/mol. The lowest BCUT2D eigenvalue weighted by Crippen LogP contribution is -2.05. The Balaban J connectivity index is 1.10. The number of nitriles is 1. The highest BCUT2D eigenvalue weighted by molar-refractivity contribution is 6.11. The number of rotatable bonds is 9. The zero-order valence-corrected chi connectivity index (χ0v) is 40.8. The number of fused-ring (bicyclic) bond motifs is 6. The number of para-hydroxylation sites is 2. The van der Waals surface area contributed by atoms with Gasteiger partial charge in [0, 0.05) is 67.3 Å². The lowest BCUT2D eigenvalue weighted by molar-refractivity contribution is 1.11. The highest BCUT2D eigenvalue weighted by atomic mass is 15.0. The summed E-state index contributed by atoms with van der Waals surface area (Å²) in [6.07, 6.45) is 7.45.